The number of rotatable bonds is 8. The van der Waals surface area contributed by atoms with Gasteiger partial charge in [0.2, 0.25) is 27.7 Å². The van der Waals surface area contributed by atoms with Crippen LogP contribution in [0.15, 0.2) is 23.1 Å². The number of likely N-dealkylation sites (tertiary alicyclic amines) is 1. The van der Waals surface area contributed by atoms with Crippen molar-refractivity contribution in [1.29, 1.82) is 0 Å². The first-order valence-corrected chi connectivity index (χ1v) is 11.9. The molecule has 0 aromatic heterocycles. The average Bonchev–Trinajstić information content (AvgIpc) is 2.98. The molecule has 1 aromatic carbocycles. The molecule has 1 saturated carbocycles. The maximum Gasteiger partial charge on any atom is 0.246 e. The van der Waals surface area contributed by atoms with E-state index in [4.69, 9.17) is 4.74 Å². The SMILES string of the molecule is CCOc1ccc(NC(=O)CCN2C(=O)[C@H]3CCCC[C@@H]3C2=O)cc1S(=O)(=O)N(C)C. The summed E-state index contributed by atoms with van der Waals surface area (Å²) in [7, 11) is -0.951. The fourth-order valence-corrected chi connectivity index (χ4v) is 5.20. The Labute approximate surface area is 182 Å². The van der Waals surface area contributed by atoms with E-state index in [0.29, 0.717) is 12.3 Å². The van der Waals surface area contributed by atoms with Gasteiger partial charge >= 0.3 is 0 Å². The number of fused-ring (bicyclic) bond motifs is 1. The third kappa shape index (κ3) is 4.74. The lowest BCUT2D eigenvalue weighted by Crippen LogP contribution is -2.34. The molecule has 170 valence electrons. The molecule has 2 fully saturated rings. The summed E-state index contributed by atoms with van der Waals surface area (Å²) in [5.41, 5.74) is 0.293. The molecule has 1 saturated heterocycles. The van der Waals surface area contributed by atoms with Crippen LogP contribution >= 0.6 is 0 Å². The van der Waals surface area contributed by atoms with Crippen molar-refractivity contribution in [3.63, 3.8) is 0 Å². The van der Waals surface area contributed by atoms with Gasteiger partial charge in [0.25, 0.3) is 0 Å². The second kappa shape index (κ2) is 9.35. The van der Waals surface area contributed by atoms with E-state index < -0.39 is 15.9 Å². The van der Waals surface area contributed by atoms with E-state index in [9.17, 15) is 22.8 Å². The van der Waals surface area contributed by atoms with Gasteiger partial charge < -0.3 is 10.1 Å². The number of imide groups is 1. The Morgan fingerprint density at radius 1 is 1.16 bits per heavy atom. The van der Waals surface area contributed by atoms with E-state index >= 15 is 0 Å². The molecule has 10 heteroatoms. The number of benzene rings is 1. The molecule has 9 nitrogen and oxygen atoms in total. The highest BCUT2D eigenvalue weighted by molar-refractivity contribution is 7.89. The summed E-state index contributed by atoms with van der Waals surface area (Å²) in [6.45, 7) is 2.07. The van der Waals surface area contributed by atoms with E-state index in [0.717, 1.165) is 30.0 Å². The van der Waals surface area contributed by atoms with Crippen molar-refractivity contribution in [2.75, 3.05) is 32.6 Å². The monoisotopic (exact) mass is 451 g/mol. The van der Waals surface area contributed by atoms with Gasteiger partial charge in [0.05, 0.1) is 18.4 Å². The zero-order valence-electron chi connectivity index (χ0n) is 18.1. The lowest BCUT2D eigenvalue weighted by atomic mass is 9.81. The van der Waals surface area contributed by atoms with E-state index in [1.165, 1.54) is 31.1 Å². The van der Waals surface area contributed by atoms with Crippen LogP contribution in [0.5, 0.6) is 5.75 Å². The molecule has 0 bridgehead atoms. The predicted octanol–water partition coefficient (Wildman–Crippen LogP) is 1.84. The molecule has 3 amide bonds. The second-order valence-electron chi connectivity index (χ2n) is 8.01. The van der Waals surface area contributed by atoms with Gasteiger partial charge in [-0.05, 0) is 38.0 Å². The molecule has 0 unspecified atom stereocenters. The lowest BCUT2D eigenvalue weighted by Gasteiger charge is -2.19. The fourth-order valence-electron chi connectivity index (χ4n) is 4.15. The Balaban J connectivity index is 1.68. The number of carbonyl (C=O) groups excluding carboxylic acids is 3. The minimum absolute atomic E-state index is 0.0242. The fraction of sp³-hybridized carbons (Fsp3) is 0.571. The third-order valence-corrected chi connectivity index (χ3v) is 7.62. The molecule has 1 heterocycles. The number of nitrogens with one attached hydrogen (secondary N) is 1. The number of carbonyl (C=O) groups is 3. The number of hydrogen-bond donors (Lipinski definition) is 1. The van der Waals surface area contributed by atoms with Crippen molar-refractivity contribution in [1.82, 2.24) is 9.21 Å². The van der Waals surface area contributed by atoms with Crippen LogP contribution in [0.4, 0.5) is 5.69 Å². The van der Waals surface area contributed by atoms with Gasteiger partial charge in [0.1, 0.15) is 10.6 Å². The van der Waals surface area contributed by atoms with Crippen molar-refractivity contribution in [3.05, 3.63) is 18.2 Å². The number of ether oxygens (including phenoxy) is 1. The van der Waals surface area contributed by atoms with Gasteiger partial charge in [0.15, 0.2) is 0 Å². The molecular formula is C21H29N3O6S. The molecule has 1 aromatic rings. The minimum atomic E-state index is -3.78. The smallest absolute Gasteiger partial charge is 0.246 e. The molecule has 1 aliphatic carbocycles. The molecular weight excluding hydrogens is 422 g/mol. The summed E-state index contributed by atoms with van der Waals surface area (Å²) < 4.78 is 31.7. The maximum absolute atomic E-state index is 12.6. The van der Waals surface area contributed by atoms with Crippen LogP contribution in [0.2, 0.25) is 0 Å². The van der Waals surface area contributed by atoms with Crippen molar-refractivity contribution < 1.29 is 27.5 Å². The van der Waals surface area contributed by atoms with Crippen LogP contribution < -0.4 is 10.1 Å². The Hall–Kier alpha value is -2.46. The Morgan fingerprint density at radius 2 is 1.77 bits per heavy atom. The summed E-state index contributed by atoms with van der Waals surface area (Å²) in [6.07, 6.45) is 3.30. The normalized spacial score (nSPS) is 21.4. The van der Waals surface area contributed by atoms with Crippen LogP contribution in [0.1, 0.15) is 39.0 Å². The van der Waals surface area contributed by atoms with Gasteiger partial charge in [-0.15, -0.1) is 0 Å². The largest absolute Gasteiger partial charge is 0.492 e. The standard InChI is InChI=1S/C21H29N3O6S/c1-4-30-17-10-9-14(13-18(17)31(28,29)23(2)3)22-19(25)11-12-24-20(26)15-7-5-6-8-16(15)21(24)27/h9-10,13,15-16H,4-8,11-12H2,1-3H3,(H,22,25)/t15-,16-/m0/s1. The summed E-state index contributed by atoms with van der Waals surface area (Å²) in [6, 6.07) is 4.39. The Bertz CT molecular complexity index is 951. The topological polar surface area (TPSA) is 113 Å². The molecule has 3 rings (SSSR count). The van der Waals surface area contributed by atoms with E-state index in [-0.39, 0.29) is 47.3 Å². The first kappa shape index (κ1) is 23.2. The van der Waals surface area contributed by atoms with Gasteiger partial charge in [-0.2, -0.15) is 0 Å². The molecule has 0 spiro atoms. The number of hydrogen-bond acceptors (Lipinski definition) is 6. The molecule has 2 aliphatic rings. The number of anilines is 1. The van der Waals surface area contributed by atoms with Crippen molar-refractivity contribution in [3.8, 4) is 5.75 Å². The molecule has 0 radical (unpaired) electrons. The highest BCUT2D eigenvalue weighted by Gasteiger charge is 2.47. The van der Waals surface area contributed by atoms with Gasteiger partial charge in [0, 0.05) is 32.7 Å². The Kier molecular flexibility index (Phi) is 7.00. The highest BCUT2D eigenvalue weighted by atomic mass is 32.2. The number of sulfonamides is 1. The van der Waals surface area contributed by atoms with Crippen LogP contribution in [0.3, 0.4) is 0 Å². The first-order valence-electron chi connectivity index (χ1n) is 10.5. The molecule has 1 N–H and O–H groups in total. The van der Waals surface area contributed by atoms with Crippen LogP contribution in [0, 0.1) is 11.8 Å². The Morgan fingerprint density at radius 3 is 2.32 bits per heavy atom. The van der Waals surface area contributed by atoms with Crippen LogP contribution in [-0.4, -0.2) is 62.6 Å². The summed E-state index contributed by atoms with van der Waals surface area (Å²) in [4.78, 5) is 38.7. The maximum atomic E-state index is 12.6. The minimum Gasteiger partial charge on any atom is -0.492 e. The number of nitrogens with zero attached hydrogens (tertiary/aromatic N) is 2. The quantitative estimate of drug-likeness (QED) is 0.604. The van der Waals surface area contributed by atoms with E-state index in [1.54, 1.807) is 13.0 Å². The van der Waals surface area contributed by atoms with Crippen molar-refractivity contribution >= 4 is 33.4 Å². The van der Waals surface area contributed by atoms with Gasteiger partial charge in [-0.25, -0.2) is 12.7 Å². The lowest BCUT2D eigenvalue weighted by molar-refractivity contribution is -0.140. The highest BCUT2D eigenvalue weighted by Crippen LogP contribution is 2.38. The zero-order chi connectivity index (χ0) is 22.8. The van der Waals surface area contributed by atoms with Crippen molar-refractivity contribution in [2.24, 2.45) is 11.8 Å². The molecule has 31 heavy (non-hydrogen) atoms. The predicted molar refractivity (Wildman–Crippen MR) is 114 cm³/mol. The summed E-state index contributed by atoms with van der Waals surface area (Å²) in [5, 5.41) is 2.65. The van der Waals surface area contributed by atoms with Crippen molar-refractivity contribution in [2.45, 2.75) is 43.9 Å². The molecule has 1 aliphatic heterocycles. The van der Waals surface area contributed by atoms with E-state index in [1.807, 2.05) is 0 Å². The zero-order valence-corrected chi connectivity index (χ0v) is 18.9. The second-order valence-corrected chi connectivity index (χ2v) is 10.1. The van der Waals surface area contributed by atoms with Gasteiger partial charge in [-0.1, -0.05) is 12.8 Å². The number of amides is 3. The average molecular weight is 452 g/mol. The van der Waals surface area contributed by atoms with Gasteiger partial charge in [-0.3, -0.25) is 19.3 Å². The van der Waals surface area contributed by atoms with Crippen LogP contribution in [0.25, 0.3) is 0 Å². The molecule has 2 atom stereocenters. The summed E-state index contributed by atoms with van der Waals surface area (Å²) >= 11 is 0. The first-order chi connectivity index (χ1) is 14.7. The van der Waals surface area contributed by atoms with E-state index in [2.05, 4.69) is 5.32 Å². The summed E-state index contributed by atoms with van der Waals surface area (Å²) in [5.74, 6) is -1.05. The van der Waals surface area contributed by atoms with Crippen LogP contribution in [-0.2, 0) is 24.4 Å². The third-order valence-electron chi connectivity index (χ3n) is 5.78.